The van der Waals surface area contributed by atoms with Crippen molar-refractivity contribution in [2.45, 2.75) is 57.7 Å². The van der Waals surface area contributed by atoms with Crippen LogP contribution in [0, 0.1) is 12.7 Å². The van der Waals surface area contributed by atoms with Gasteiger partial charge in [0.05, 0.1) is 12.1 Å². The molecule has 8 nitrogen and oxygen atoms in total. The maximum absolute atomic E-state index is 13.6. The number of carbonyl (C=O) groups excluding carboxylic acids is 3. The Hall–Kier alpha value is -3.67. The predicted molar refractivity (Wildman–Crippen MR) is 144 cm³/mol. The van der Waals surface area contributed by atoms with E-state index in [1.165, 1.54) is 21.9 Å². The first-order valence-corrected chi connectivity index (χ1v) is 13.5. The Bertz CT molecular complexity index is 1270. The molecule has 2 aliphatic heterocycles. The maximum atomic E-state index is 13.6. The third kappa shape index (κ3) is 7.35. The highest BCUT2D eigenvalue weighted by Crippen LogP contribution is 2.31. The van der Waals surface area contributed by atoms with Crippen molar-refractivity contribution in [3.8, 4) is 0 Å². The van der Waals surface area contributed by atoms with Crippen molar-refractivity contribution in [2.24, 2.45) is 0 Å². The number of aryl methyl sites for hydroxylation is 1. The number of carbonyl (C=O) groups is 3. The summed E-state index contributed by atoms with van der Waals surface area (Å²) in [7, 11) is 3.83. The highest BCUT2D eigenvalue weighted by atomic mass is 19.4. The second kappa shape index (κ2) is 12.5. The Morgan fingerprint density at radius 3 is 2.44 bits per heavy atom. The van der Waals surface area contributed by atoms with Gasteiger partial charge < -0.3 is 24.9 Å². The van der Waals surface area contributed by atoms with Crippen molar-refractivity contribution < 1.29 is 31.9 Å². The minimum atomic E-state index is -4.51. The summed E-state index contributed by atoms with van der Waals surface area (Å²) >= 11 is 0. The number of benzene rings is 2. The minimum absolute atomic E-state index is 0.0298. The molecule has 4 amide bonds. The summed E-state index contributed by atoms with van der Waals surface area (Å²) in [5.41, 5.74) is 0.633. The summed E-state index contributed by atoms with van der Waals surface area (Å²) in [6.07, 6.45) is -4.18. The predicted octanol–water partition coefficient (Wildman–Crippen LogP) is 3.98. The topological polar surface area (TPSA) is 76.2 Å². The van der Waals surface area contributed by atoms with Gasteiger partial charge in [-0.3, -0.25) is 9.59 Å². The highest BCUT2D eigenvalue weighted by molar-refractivity contribution is 5.91. The third-order valence-electron chi connectivity index (χ3n) is 7.39. The van der Waals surface area contributed by atoms with Crippen LogP contribution in [0.2, 0.25) is 0 Å². The SMILES string of the molecule is Cc1cc(CNC(=O)N2CCC(=O)N3[C@@H]2CN(Cc2ccc(F)cc2)C(=O)[C@@H]3CCCN(C)C)cc(C(F)(F)F)c1. The second-order valence-electron chi connectivity index (χ2n) is 10.9. The van der Waals surface area contributed by atoms with Crippen LogP contribution in [-0.4, -0.2) is 83.4 Å². The number of nitrogens with zero attached hydrogens (tertiary/aromatic N) is 4. The van der Waals surface area contributed by atoms with Crippen LogP contribution in [0.1, 0.15) is 41.5 Å². The van der Waals surface area contributed by atoms with Gasteiger partial charge in [0.25, 0.3) is 0 Å². The van der Waals surface area contributed by atoms with Gasteiger partial charge in [0, 0.05) is 26.1 Å². The van der Waals surface area contributed by atoms with Crippen molar-refractivity contribution in [1.29, 1.82) is 0 Å². The van der Waals surface area contributed by atoms with Crippen LogP contribution in [-0.2, 0) is 28.9 Å². The maximum Gasteiger partial charge on any atom is 0.416 e. The number of amides is 4. The summed E-state index contributed by atoms with van der Waals surface area (Å²) in [5, 5.41) is 2.71. The van der Waals surface area contributed by atoms with E-state index in [1.807, 2.05) is 19.0 Å². The van der Waals surface area contributed by atoms with E-state index in [2.05, 4.69) is 5.32 Å². The van der Waals surface area contributed by atoms with Gasteiger partial charge in [-0.1, -0.05) is 23.8 Å². The molecule has 0 aromatic heterocycles. The zero-order valence-electron chi connectivity index (χ0n) is 23.4. The molecule has 0 bridgehead atoms. The number of nitrogens with one attached hydrogen (secondary N) is 1. The Morgan fingerprint density at radius 1 is 1.07 bits per heavy atom. The van der Waals surface area contributed by atoms with E-state index in [0.29, 0.717) is 36.1 Å². The van der Waals surface area contributed by atoms with Crippen molar-refractivity contribution in [3.63, 3.8) is 0 Å². The first kappa shape index (κ1) is 30.3. The Labute approximate surface area is 236 Å². The van der Waals surface area contributed by atoms with E-state index >= 15 is 0 Å². The zero-order valence-corrected chi connectivity index (χ0v) is 23.4. The molecule has 222 valence electrons. The molecule has 4 rings (SSSR count). The van der Waals surface area contributed by atoms with E-state index in [1.54, 1.807) is 30.0 Å². The van der Waals surface area contributed by atoms with Gasteiger partial charge in [0.15, 0.2) is 0 Å². The van der Waals surface area contributed by atoms with Crippen molar-refractivity contribution >= 4 is 17.8 Å². The molecule has 2 aromatic rings. The molecule has 2 aromatic carbocycles. The minimum Gasteiger partial charge on any atom is -0.334 e. The van der Waals surface area contributed by atoms with Crippen LogP contribution in [0.4, 0.5) is 22.4 Å². The molecule has 0 spiro atoms. The lowest BCUT2D eigenvalue weighted by Gasteiger charge is -2.52. The van der Waals surface area contributed by atoms with E-state index in [4.69, 9.17) is 0 Å². The van der Waals surface area contributed by atoms with Gasteiger partial charge in [-0.05, 0) is 75.8 Å². The Morgan fingerprint density at radius 2 is 1.78 bits per heavy atom. The number of fused-ring (bicyclic) bond motifs is 1. The normalized spacial score (nSPS) is 19.6. The molecule has 12 heteroatoms. The fraction of sp³-hybridized carbons (Fsp3) is 0.483. The summed E-state index contributed by atoms with van der Waals surface area (Å²) in [6.45, 7) is 2.47. The number of halogens is 4. The number of hydrogen-bond acceptors (Lipinski definition) is 4. The molecule has 2 atom stereocenters. The standard InChI is InChI=1S/C29H35F4N5O3/c1-19-13-21(15-22(14-19)29(31,32)33)16-34-28(41)37-12-10-26(39)38-24(5-4-11-35(2)3)27(40)36(18-25(37)38)17-20-6-8-23(30)9-7-20/h6-9,13-15,24-25H,4-5,10-12,16-18H2,1-3H3,(H,34,41)/t24-,25+/m0/s1. The molecule has 2 heterocycles. The number of piperazine rings is 1. The molecule has 2 fully saturated rings. The van der Waals surface area contributed by atoms with Crippen LogP contribution in [0.15, 0.2) is 42.5 Å². The van der Waals surface area contributed by atoms with E-state index in [-0.39, 0.29) is 44.4 Å². The van der Waals surface area contributed by atoms with Crippen LogP contribution in [0.5, 0.6) is 0 Å². The summed E-state index contributed by atoms with van der Waals surface area (Å²) in [6, 6.07) is 8.11. The smallest absolute Gasteiger partial charge is 0.334 e. The quantitative estimate of drug-likeness (QED) is 0.482. The van der Waals surface area contributed by atoms with E-state index < -0.39 is 35.8 Å². The zero-order chi connectivity index (χ0) is 29.9. The van der Waals surface area contributed by atoms with Gasteiger partial charge in [-0.15, -0.1) is 0 Å². The number of rotatable bonds is 8. The average Bonchev–Trinajstić information content (AvgIpc) is 2.89. The lowest BCUT2D eigenvalue weighted by Crippen LogP contribution is -2.71. The summed E-state index contributed by atoms with van der Waals surface area (Å²) in [4.78, 5) is 46.7. The summed E-state index contributed by atoms with van der Waals surface area (Å²) < 4.78 is 53.3. The van der Waals surface area contributed by atoms with Crippen molar-refractivity contribution in [2.75, 3.05) is 33.7 Å². The van der Waals surface area contributed by atoms with Gasteiger partial charge in [-0.25, -0.2) is 9.18 Å². The van der Waals surface area contributed by atoms with Gasteiger partial charge >= 0.3 is 12.2 Å². The average molecular weight is 578 g/mol. The Kier molecular flexibility index (Phi) is 9.21. The number of hydrogen-bond donors (Lipinski definition) is 1. The molecule has 1 N–H and O–H groups in total. The molecule has 41 heavy (non-hydrogen) atoms. The van der Waals surface area contributed by atoms with Crippen LogP contribution in [0.25, 0.3) is 0 Å². The van der Waals surface area contributed by atoms with E-state index in [0.717, 1.165) is 12.1 Å². The lowest BCUT2D eigenvalue weighted by molar-refractivity contribution is -0.167. The monoisotopic (exact) mass is 577 g/mol. The highest BCUT2D eigenvalue weighted by Gasteiger charge is 2.48. The fourth-order valence-electron chi connectivity index (χ4n) is 5.46. The summed E-state index contributed by atoms with van der Waals surface area (Å²) in [5.74, 6) is -0.861. The fourth-order valence-corrected chi connectivity index (χ4v) is 5.46. The lowest BCUT2D eigenvalue weighted by atomic mass is 9.99. The number of urea groups is 1. The largest absolute Gasteiger partial charge is 0.416 e. The number of alkyl halides is 3. The molecule has 2 saturated heterocycles. The molecule has 0 radical (unpaired) electrons. The Balaban J connectivity index is 1.56. The van der Waals surface area contributed by atoms with Gasteiger partial charge in [0.1, 0.15) is 18.0 Å². The van der Waals surface area contributed by atoms with Crippen LogP contribution in [0.3, 0.4) is 0 Å². The van der Waals surface area contributed by atoms with Crippen LogP contribution >= 0.6 is 0 Å². The van der Waals surface area contributed by atoms with Crippen LogP contribution < -0.4 is 5.32 Å². The molecule has 0 saturated carbocycles. The molecular weight excluding hydrogens is 542 g/mol. The van der Waals surface area contributed by atoms with Gasteiger partial charge in [0.2, 0.25) is 11.8 Å². The van der Waals surface area contributed by atoms with Crippen molar-refractivity contribution in [1.82, 2.24) is 24.9 Å². The molecule has 0 aliphatic carbocycles. The first-order chi connectivity index (χ1) is 19.3. The second-order valence-corrected chi connectivity index (χ2v) is 10.9. The van der Waals surface area contributed by atoms with E-state index in [9.17, 15) is 31.9 Å². The first-order valence-electron chi connectivity index (χ1n) is 13.5. The molecule has 0 unspecified atom stereocenters. The third-order valence-corrected chi connectivity index (χ3v) is 7.39. The molecular formula is C29H35F4N5O3. The van der Waals surface area contributed by atoms with Crippen molar-refractivity contribution in [3.05, 3.63) is 70.5 Å². The molecule has 2 aliphatic rings. The van der Waals surface area contributed by atoms with Gasteiger partial charge in [-0.2, -0.15) is 13.2 Å².